The van der Waals surface area contributed by atoms with Crippen LogP contribution in [0.1, 0.15) is 13.3 Å². The van der Waals surface area contributed by atoms with Crippen molar-refractivity contribution in [2.75, 3.05) is 0 Å². The van der Waals surface area contributed by atoms with E-state index in [-0.39, 0.29) is 10.6 Å². The molecule has 3 atom stereocenters. The van der Waals surface area contributed by atoms with Crippen LogP contribution in [-0.4, -0.2) is 21.0 Å². The lowest BCUT2D eigenvalue weighted by atomic mass is 10.1. The maximum absolute atomic E-state index is 10.5. The van der Waals surface area contributed by atoms with Gasteiger partial charge >= 0.3 is 5.97 Å². The summed E-state index contributed by atoms with van der Waals surface area (Å²) in [5.74, 6) is -1.11. The molecule has 0 aliphatic carbocycles. The van der Waals surface area contributed by atoms with E-state index in [0.717, 1.165) is 0 Å². The van der Waals surface area contributed by atoms with E-state index in [0.29, 0.717) is 11.7 Å². The van der Waals surface area contributed by atoms with Gasteiger partial charge in [0.15, 0.2) is 0 Å². The quantitative estimate of drug-likeness (QED) is 0.625. The Balaban J connectivity index is 2.54. The predicted molar refractivity (Wildman–Crippen MR) is 42.4 cm³/mol. The van der Waals surface area contributed by atoms with Crippen molar-refractivity contribution in [3.8, 4) is 0 Å². The van der Waals surface area contributed by atoms with Gasteiger partial charge in [-0.3, -0.25) is 4.79 Å². The third-order valence-electron chi connectivity index (χ3n) is 1.58. The molecule has 0 radical (unpaired) electrons. The zero-order chi connectivity index (χ0) is 7.72. The van der Waals surface area contributed by atoms with E-state index in [1.165, 1.54) is 0 Å². The van der Waals surface area contributed by atoms with Crippen molar-refractivity contribution in [3.63, 3.8) is 0 Å². The minimum atomic E-state index is -0.767. The van der Waals surface area contributed by atoms with E-state index >= 15 is 0 Å². The SMILES string of the molecule is CC1CC(C(=O)O)C(Cl)S1. The zero-order valence-electron chi connectivity index (χ0n) is 5.58. The summed E-state index contributed by atoms with van der Waals surface area (Å²) >= 11 is 7.29. The normalized spacial score (nSPS) is 40.0. The first-order chi connectivity index (χ1) is 4.61. The standard InChI is InChI=1S/C6H9ClO2S/c1-3-2-4(6(8)9)5(7)10-3/h3-5H,2H2,1H3,(H,8,9). The molecule has 1 aliphatic rings. The Morgan fingerprint density at radius 1 is 1.80 bits per heavy atom. The third-order valence-corrected chi connectivity index (χ3v) is 3.44. The van der Waals surface area contributed by atoms with Gasteiger partial charge in [-0.25, -0.2) is 0 Å². The Bertz CT molecular complexity index is 151. The van der Waals surface area contributed by atoms with Crippen LogP contribution in [0.15, 0.2) is 0 Å². The summed E-state index contributed by atoms with van der Waals surface area (Å²) in [5, 5.41) is 9.00. The van der Waals surface area contributed by atoms with Gasteiger partial charge in [0.1, 0.15) is 0 Å². The second kappa shape index (κ2) is 3.01. The number of alkyl halides is 1. The second-order valence-corrected chi connectivity index (χ2v) is 4.79. The highest BCUT2D eigenvalue weighted by atomic mass is 35.5. The van der Waals surface area contributed by atoms with E-state index in [9.17, 15) is 4.79 Å². The number of hydrogen-bond acceptors (Lipinski definition) is 2. The highest BCUT2D eigenvalue weighted by Gasteiger charge is 2.36. The van der Waals surface area contributed by atoms with E-state index in [4.69, 9.17) is 16.7 Å². The first-order valence-electron chi connectivity index (χ1n) is 3.13. The van der Waals surface area contributed by atoms with Crippen molar-refractivity contribution in [2.45, 2.75) is 23.3 Å². The summed E-state index contributed by atoms with van der Waals surface area (Å²) in [5.41, 5.74) is 0. The molecule has 2 nitrogen and oxygen atoms in total. The lowest BCUT2D eigenvalue weighted by Gasteiger charge is -2.04. The highest BCUT2D eigenvalue weighted by molar-refractivity contribution is 8.01. The van der Waals surface area contributed by atoms with Crippen molar-refractivity contribution < 1.29 is 9.90 Å². The molecule has 0 aromatic carbocycles. The molecular formula is C6H9ClO2S. The predicted octanol–water partition coefficient (Wildman–Crippen LogP) is 1.78. The number of thioether (sulfide) groups is 1. The number of carbonyl (C=O) groups is 1. The van der Waals surface area contributed by atoms with Crippen LogP contribution in [0.2, 0.25) is 0 Å². The van der Waals surface area contributed by atoms with Gasteiger partial charge in [0.25, 0.3) is 0 Å². The average molecular weight is 181 g/mol. The number of carboxylic acids is 1. The van der Waals surface area contributed by atoms with Crippen LogP contribution in [-0.2, 0) is 4.79 Å². The number of carboxylic acid groups (broad SMARTS) is 1. The number of aliphatic carboxylic acids is 1. The fourth-order valence-electron chi connectivity index (χ4n) is 1.05. The van der Waals surface area contributed by atoms with Gasteiger partial charge in [-0.1, -0.05) is 6.92 Å². The summed E-state index contributed by atoms with van der Waals surface area (Å²) < 4.78 is -0.229. The number of halogens is 1. The topological polar surface area (TPSA) is 37.3 Å². The molecule has 0 aromatic rings. The molecule has 10 heavy (non-hydrogen) atoms. The van der Waals surface area contributed by atoms with Gasteiger partial charge in [-0.2, -0.15) is 0 Å². The van der Waals surface area contributed by atoms with E-state index in [1.807, 2.05) is 6.92 Å². The lowest BCUT2D eigenvalue weighted by molar-refractivity contribution is -0.141. The Hall–Kier alpha value is 0.110. The Morgan fingerprint density at radius 2 is 2.40 bits per heavy atom. The van der Waals surface area contributed by atoms with Crippen molar-refractivity contribution in [1.82, 2.24) is 0 Å². The van der Waals surface area contributed by atoms with Gasteiger partial charge in [-0.05, 0) is 6.42 Å². The Labute approximate surface area is 68.9 Å². The number of hydrogen-bond donors (Lipinski definition) is 1. The molecule has 0 spiro atoms. The van der Waals surface area contributed by atoms with Crippen molar-refractivity contribution in [3.05, 3.63) is 0 Å². The zero-order valence-corrected chi connectivity index (χ0v) is 7.15. The minimum Gasteiger partial charge on any atom is -0.481 e. The molecule has 1 rings (SSSR count). The van der Waals surface area contributed by atoms with E-state index in [1.54, 1.807) is 11.8 Å². The maximum Gasteiger partial charge on any atom is 0.308 e. The summed E-state index contributed by atoms with van der Waals surface area (Å²) in [6, 6.07) is 0. The van der Waals surface area contributed by atoms with E-state index < -0.39 is 5.97 Å². The average Bonchev–Trinajstić information content (AvgIpc) is 2.10. The molecule has 1 saturated heterocycles. The number of rotatable bonds is 1. The molecular weight excluding hydrogens is 172 g/mol. The molecule has 1 fully saturated rings. The minimum absolute atomic E-state index is 0.229. The van der Waals surface area contributed by atoms with Gasteiger partial charge in [0.05, 0.1) is 10.6 Å². The second-order valence-electron chi connectivity index (χ2n) is 2.48. The van der Waals surface area contributed by atoms with Gasteiger partial charge in [-0.15, -0.1) is 23.4 Å². The monoisotopic (exact) mass is 180 g/mol. The Morgan fingerprint density at radius 3 is 2.60 bits per heavy atom. The summed E-state index contributed by atoms with van der Waals surface area (Å²) in [6.45, 7) is 2.00. The first kappa shape index (κ1) is 8.21. The largest absolute Gasteiger partial charge is 0.481 e. The molecule has 0 saturated carbocycles. The fraction of sp³-hybridized carbons (Fsp3) is 0.833. The molecule has 58 valence electrons. The van der Waals surface area contributed by atoms with Gasteiger partial charge < -0.3 is 5.11 Å². The van der Waals surface area contributed by atoms with Crippen LogP contribution < -0.4 is 0 Å². The van der Waals surface area contributed by atoms with Crippen LogP contribution in [0.5, 0.6) is 0 Å². The molecule has 1 heterocycles. The molecule has 0 aromatic heterocycles. The molecule has 0 bridgehead atoms. The Kier molecular flexibility index (Phi) is 2.47. The van der Waals surface area contributed by atoms with Crippen LogP contribution >= 0.6 is 23.4 Å². The lowest BCUT2D eigenvalue weighted by Crippen LogP contribution is -2.17. The first-order valence-corrected chi connectivity index (χ1v) is 4.51. The molecule has 1 N–H and O–H groups in total. The van der Waals surface area contributed by atoms with E-state index in [2.05, 4.69) is 0 Å². The summed E-state index contributed by atoms with van der Waals surface area (Å²) in [7, 11) is 0. The van der Waals surface area contributed by atoms with Crippen LogP contribution in [0, 0.1) is 5.92 Å². The smallest absolute Gasteiger partial charge is 0.308 e. The molecule has 3 unspecified atom stereocenters. The van der Waals surface area contributed by atoms with Crippen molar-refractivity contribution in [2.24, 2.45) is 5.92 Å². The maximum atomic E-state index is 10.5. The fourth-order valence-corrected chi connectivity index (χ4v) is 2.97. The van der Waals surface area contributed by atoms with Crippen LogP contribution in [0.3, 0.4) is 0 Å². The van der Waals surface area contributed by atoms with Crippen LogP contribution in [0.4, 0.5) is 0 Å². The van der Waals surface area contributed by atoms with Crippen LogP contribution in [0.25, 0.3) is 0 Å². The third kappa shape index (κ3) is 1.58. The van der Waals surface area contributed by atoms with Crippen molar-refractivity contribution >= 4 is 29.3 Å². The molecule has 1 aliphatic heterocycles. The summed E-state index contributed by atoms with van der Waals surface area (Å²) in [4.78, 5) is 10.5. The highest BCUT2D eigenvalue weighted by Crippen LogP contribution is 2.40. The van der Waals surface area contributed by atoms with Gasteiger partial charge in [0, 0.05) is 5.25 Å². The van der Waals surface area contributed by atoms with Gasteiger partial charge in [0.2, 0.25) is 0 Å². The summed E-state index contributed by atoms with van der Waals surface area (Å²) in [6.07, 6.45) is 0.703. The molecule has 4 heteroatoms. The molecule has 0 amide bonds. The van der Waals surface area contributed by atoms with Crippen molar-refractivity contribution in [1.29, 1.82) is 0 Å².